The number of benzene rings is 1. The van der Waals surface area contributed by atoms with Gasteiger partial charge in [0.25, 0.3) is 11.5 Å². The zero-order valence-corrected chi connectivity index (χ0v) is 18.7. The molecule has 32 heavy (non-hydrogen) atoms. The first-order valence-electron chi connectivity index (χ1n) is 11.9. The van der Waals surface area contributed by atoms with E-state index >= 15 is 0 Å². The van der Waals surface area contributed by atoms with Gasteiger partial charge in [-0.05, 0) is 38.2 Å². The molecular weight excluding hydrogens is 404 g/mol. The van der Waals surface area contributed by atoms with Crippen LogP contribution in [-0.4, -0.2) is 48.4 Å². The smallest absolute Gasteiger partial charge is 0.274 e. The molecule has 0 bridgehead atoms. The molecule has 2 aliphatic heterocycles. The normalized spacial score (nSPS) is 19.0. The van der Waals surface area contributed by atoms with E-state index < -0.39 is 0 Å². The second-order valence-corrected chi connectivity index (χ2v) is 8.95. The average molecular weight is 435 g/mol. The van der Waals surface area contributed by atoms with Crippen LogP contribution in [0, 0.1) is 0 Å². The summed E-state index contributed by atoms with van der Waals surface area (Å²) in [5, 5.41) is 14.7. The Bertz CT molecular complexity index is 1200. The number of nitrogens with zero attached hydrogens (tertiary/aromatic N) is 6. The Morgan fingerprint density at radius 3 is 2.75 bits per heavy atom. The minimum absolute atomic E-state index is 0.105. The summed E-state index contributed by atoms with van der Waals surface area (Å²) >= 11 is 0. The zero-order chi connectivity index (χ0) is 22.1. The van der Waals surface area contributed by atoms with E-state index in [-0.39, 0.29) is 17.4 Å². The number of likely N-dealkylation sites (tertiary alicyclic amines) is 1. The molecule has 1 atom stereocenters. The van der Waals surface area contributed by atoms with Crippen molar-refractivity contribution in [2.75, 3.05) is 13.1 Å². The lowest BCUT2D eigenvalue weighted by Gasteiger charge is -2.32. The topological polar surface area (TPSA) is 85.9 Å². The van der Waals surface area contributed by atoms with Crippen LogP contribution in [0.15, 0.2) is 29.1 Å². The molecule has 1 unspecified atom stereocenters. The highest BCUT2D eigenvalue weighted by Gasteiger charge is 2.31. The van der Waals surface area contributed by atoms with E-state index in [4.69, 9.17) is 0 Å². The third-order valence-corrected chi connectivity index (χ3v) is 6.72. The maximum atomic E-state index is 13.6. The van der Waals surface area contributed by atoms with Gasteiger partial charge < -0.3 is 9.47 Å². The third kappa shape index (κ3) is 3.72. The summed E-state index contributed by atoms with van der Waals surface area (Å²) in [6, 6.07) is 7.30. The molecule has 5 rings (SSSR count). The number of carbonyl (C=O) groups is 1. The van der Waals surface area contributed by atoms with E-state index in [1.807, 2.05) is 30.0 Å². The number of carbonyl (C=O) groups excluding carboxylic acids is 1. The molecule has 1 amide bonds. The van der Waals surface area contributed by atoms with Crippen LogP contribution >= 0.6 is 0 Å². The van der Waals surface area contributed by atoms with Gasteiger partial charge in [0.1, 0.15) is 11.6 Å². The summed E-state index contributed by atoms with van der Waals surface area (Å²) in [6.07, 6.45) is 7.24. The molecule has 0 radical (unpaired) electrons. The van der Waals surface area contributed by atoms with Gasteiger partial charge in [0.2, 0.25) is 0 Å². The number of aromatic nitrogens is 5. The Kier molecular flexibility index (Phi) is 5.76. The molecule has 3 aromatic rings. The van der Waals surface area contributed by atoms with Crippen LogP contribution in [0.4, 0.5) is 0 Å². The SMILES string of the molecule is CCCn1nc(C(=O)N2CCCC(c3nnc4n3CCCCC4)C2)c2ccccc2c1=O. The number of amides is 1. The lowest BCUT2D eigenvalue weighted by molar-refractivity contribution is 0.0696. The van der Waals surface area contributed by atoms with Gasteiger partial charge in [0.05, 0.1) is 5.39 Å². The fraction of sp³-hybridized carbons (Fsp3) is 0.542. The summed E-state index contributed by atoms with van der Waals surface area (Å²) in [6.45, 7) is 4.77. The molecule has 1 saturated heterocycles. The number of hydrogen-bond acceptors (Lipinski definition) is 5. The predicted molar refractivity (Wildman–Crippen MR) is 122 cm³/mol. The molecule has 1 fully saturated rings. The van der Waals surface area contributed by atoms with Crippen molar-refractivity contribution in [3.63, 3.8) is 0 Å². The molecule has 2 aromatic heterocycles. The van der Waals surface area contributed by atoms with Gasteiger partial charge in [-0.25, -0.2) is 4.68 Å². The van der Waals surface area contributed by atoms with Crippen molar-refractivity contribution < 1.29 is 4.79 Å². The molecule has 0 saturated carbocycles. The van der Waals surface area contributed by atoms with Gasteiger partial charge in [0, 0.05) is 43.9 Å². The molecule has 0 N–H and O–H groups in total. The van der Waals surface area contributed by atoms with Crippen molar-refractivity contribution in [1.29, 1.82) is 0 Å². The Labute approximate surface area is 187 Å². The first kappa shape index (κ1) is 20.8. The molecule has 8 nitrogen and oxygen atoms in total. The Balaban J connectivity index is 1.47. The third-order valence-electron chi connectivity index (χ3n) is 6.72. The van der Waals surface area contributed by atoms with E-state index in [0.29, 0.717) is 36.1 Å². The second-order valence-electron chi connectivity index (χ2n) is 8.95. The number of fused-ring (bicyclic) bond motifs is 2. The number of rotatable bonds is 4. The maximum absolute atomic E-state index is 13.6. The minimum Gasteiger partial charge on any atom is -0.337 e. The highest BCUT2D eigenvalue weighted by Crippen LogP contribution is 2.29. The maximum Gasteiger partial charge on any atom is 0.274 e. The van der Waals surface area contributed by atoms with Crippen LogP contribution in [-0.2, 0) is 19.5 Å². The summed E-state index contributed by atoms with van der Waals surface area (Å²) in [7, 11) is 0. The molecular formula is C24H30N6O2. The van der Waals surface area contributed by atoms with E-state index in [1.54, 1.807) is 6.07 Å². The molecule has 2 aliphatic rings. The highest BCUT2D eigenvalue weighted by atomic mass is 16.2. The lowest BCUT2D eigenvalue weighted by atomic mass is 9.96. The molecule has 0 aliphatic carbocycles. The summed E-state index contributed by atoms with van der Waals surface area (Å²) in [5.41, 5.74) is 0.232. The Hall–Kier alpha value is -3.03. The molecule has 168 valence electrons. The minimum atomic E-state index is -0.137. The second kappa shape index (κ2) is 8.84. The van der Waals surface area contributed by atoms with Gasteiger partial charge in [-0.2, -0.15) is 5.10 Å². The fourth-order valence-corrected chi connectivity index (χ4v) is 5.09. The quantitative estimate of drug-likeness (QED) is 0.630. The van der Waals surface area contributed by atoms with Crippen molar-refractivity contribution in [1.82, 2.24) is 29.4 Å². The standard InChI is InChI=1S/C24H30N6O2/c1-2-13-30-23(31)19-11-6-5-10-18(19)21(27-30)24(32)28-14-8-9-17(16-28)22-26-25-20-12-4-3-7-15-29(20)22/h5-6,10-11,17H,2-4,7-9,12-16H2,1H3. The van der Waals surface area contributed by atoms with Crippen LogP contribution in [0.2, 0.25) is 0 Å². The van der Waals surface area contributed by atoms with Gasteiger partial charge in [-0.3, -0.25) is 9.59 Å². The van der Waals surface area contributed by atoms with Crippen molar-refractivity contribution in [2.45, 2.75) is 70.9 Å². The number of hydrogen-bond donors (Lipinski definition) is 0. The summed E-state index contributed by atoms with van der Waals surface area (Å²) in [4.78, 5) is 28.3. The van der Waals surface area contributed by atoms with E-state index in [2.05, 4.69) is 19.9 Å². The predicted octanol–water partition coefficient (Wildman–Crippen LogP) is 3.14. The molecule has 0 spiro atoms. The summed E-state index contributed by atoms with van der Waals surface area (Å²) in [5.74, 6) is 2.18. The fourth-order valence-electron chi connectivity index (χ4n) is 5.09. The number of aryl methyl sites for hydroxylation is 2. The Morgan fingerprint density at radius 1 is 1.06 bits per heavy atom. The van der Waals surface area contributed by atoms with Crippen molar-refractivity contribution in [3.8, 4) is 0 Å². The van der Waals surface area contributed by atoms with Crippen molar-refractivity contribution in [3.05, 3.63) is 52.0 Å². The highest BCUT2D eigenvalue weighted by molar-refractivity contribution is 6.04. The van der Waals surface area contributed by atoms with Crippen LogP contribution in [0.3, 0.4) is 0 Å². The largest absolute Gasteiger partial charge is 0.337 e. The Morgan fingerprint density at radius 2 is 1.91 bits per heavy atom. The molecule has 8 heteroatoms. The van der Waals surface area contributed by atoms with Crippen molar-refractivity contribution >= 4 is 16.7 Å². The van der Waals surface area contributed by atoms with Crippen molar-refractivity contribution in [2.24, 2.45) is 0 Å². The van der Waals surface area contributed by atoms with Crippen LogP contribution < -0.4 is 5.56 Å². The molecule has 4 heterocycles. The summed E-state index contributed by atoms with van der Waals surface area (Å²) < 4.78 is 3.73. The average Bonchev–Trinajstić information content (AvgIpc) is 3.09. The lowest BCUT2D eigenvalue weighted by Crippen LogP contribution is -2.41. The molecule has 1 aromatic carbocycles. The zero-order valence-electron chi connectivity index (χ0n) is 18.7. The number of piperidine rings is 1. The van der Waals surface area contributed by atoms with Gasteiger partial charge >= 0.3 is 0 Å². The van der Waals surface area contributed by atoms with Gasteiger partial charge in [0.15, 0.2) is 5.69 Å². The van der Waals surface area contributed by atoms with Crippen LogP contribution in [0.1, 0.15) is 73.5 Å². The van der Waals surface area contributed by atoms with E-state index in [1.165, 1.54) is 17.5 Å². The van der Waals surface area contributed by atoms with E-state index in [9.17, 15) is 9.59 Å². The van der Waals surface area contributed by atoms with Gasteiger partial charge in [-0.15, -0.1) is 10.2 Å². The monoisotopic (exact) mass is 434 g/mol. The van der Waals surface area contributed by atoms with Crippen LogP contribution in [0.25, 0.3) is 10.8 Å². The first-order valence-corrected chi connectivity index (χ1v) is 11.9. The van der Waals surface area contributed by atoms with Gasteiger partial charge in [-0.1, -0.05) is 31.5 Å². The first-order chi connectivity index (χ1) is 15.7. The van der Waals surface area contributed by atoms with E-state index in [0.717, 1.165) is 50.3 Å². The van der Waals surface area contributed by atoms with Crippen LogP contribution in [0.5, 0.6) is 0 Å².